The lowest BCUT2D eigenvalue weighted by atomic mass is 10.0. The Bertz CT molecular complexity index is 735. The van der Waals surface area contributed by atoms with E-state index in [0.29, 0.717) is 6.47 Å². The summed E-state index contributed by atoms with van der Waals surface area (Å²) in [5.41, 5.74) is 4.22. The summed E-state index contributed by atoms with van der Waals surface area (Å²) in [6.07, 6.45) is 5.16. The van der Waals surface area contributed by atoms with E-state index in [1.54, 1.807) is 12.4 Å². The molecule has 0 radical (unpaired) electrons. The number of hydrogen-bond acceptors (Lipinski definition) is 3. The molecule has 3 rings (SSSR count). The van der Waals surface area contributed by atoms with Gasteiger partial charge in [0.2, 0.25) is 0 Å². The topological polar surface area (TPSA) is 55.0 Å². The number of aromatic amines is 1. The van der Waals surface area contributed by atoms with Gasteiger partial charge in [-0.2, -0.15) is 0 Å². The lowest BCUT2D eigenvalue weighted by Gasteiger charge is -2.08. The molecule has 0 aliphatic heterocycles. The van der Waals surface area contributed by atoms with Gasteiger partial charge in [-0.15, -0.1) is 0 Å². The molecule has 0 amide bonds. The van der Waals surface area contributed by atoms with Crippen LogP contribution in [-0.4, -0.2) is 16.4 Å². The maximum absolute atomic E-state index is 10.5. The van der Waals surface area contributed by atoms with Crippen LogP contribution in [-0.2, 0) is 9.53 Å². The fraction of sp³-hybridized carbons (Fsp3) is 0.125. The van der Waals surface area contributed by atoms with E-state index in [4.69, 9.17) is 4.74 Å². The van der Waals surface area contributed by atoms with Crippen molar-refractivity contribution in [1.82, 2.24) is 9.97 Å². The molecule has 100 valence electrons. The van der Waals surface area contributed by atoms with Gasteiger partial charge < -0.3 is 9.72 Å². The zero-order valence-corrected chi connectivity index (χ0v) is 11.0. The Balaban J connectivity index is 2.10. The molecule has 0 aliphatic carbocycles. The Kier molecular flexibility index (Phi) is 3.21. The first-order chi connectivity index (χ1) is 9.79. The number of pyridine rings is 1. The lowest BCUT2D eigenvalue weighted by molar-refractivity contribution is -0.133. The molecule has 4 nitrogen and oxygen atoms in total. The van der Waals surface area contributed by atoms with Crippen molar-refractivity contribution in [2.24, 2.45) is 0 Å². The van der Waals surface area contributed by atoms with E-state index in [0.717, 1.165) is 27.6 Å². The number of ether oxygens (including phenoxy) is 1. The second-order valence-electron chi connectivity index (χ2n) is 4.61. The van der Waals surface area contributed by atoms with Gasteiger partial charge in [0.25, 0.3) is 6.47 Å². The van der Waals surface area contributed by atoms with Crippen molar-refractivity contribution in [2.75, 3.05) is 0 Å². The summed E-state index contributed by atoms with van der Waals surface area (Å²) in [4.78, 5) is 17.7. The highest BCUT2D eigenvalue weighted by atomic mass is 16.5. The molecule has 2 heterocycles. The molecule has 1 unspecified atom stereocenters. The molecule has 1 aromatic carbocycles. The number of carbonyl (C=O) groups excluding carboxylic acids is 1. The number of rotatable bonds is 4. The van der Waals surface area contributed by atoms with Gasteiger partial charge in [0, 0.05) is 35.1 Å². The highest BCUT2D eigenvalue weighted by Gasteiger charge is 2.12. The first kappa shape index (κ1) is 12.4. The Hall–Kier alpha value is -2.62. The first-order valence-electron chi connectivity index (χ1n) is 6.40. The van der Waals surface area contributed by atoms with Crippen LogP contribution in [0.1, 0.15) is 18.6 Å². The van der Waals surface area contributed by atoms with Gasteiger partial charge in [0.15, 0.2) is 0 Å². The molecule has 1 atom stereocenters. The average molecular weight is 266 g/mol. The number of nitrogens with zero attached hydrogens (tertiary/aromatic N) is 1. The Labute approximate surface area is 116 Å². The minimum absolute atomic E-state index is 0.269. The summed E-state index contributed by atoms with van der Waals surface area (Å²) < 4.78 is 5.03. The lowest BCUT2D eigenvalue weighted by Crippen LogP contribution is -1.96. The maximum atomic E-state index is 10.5. The summed E-state index contributed by atoms with van der Waals surface area (Å²) in [6, 6.07) is 10.1. The molecule has 0 aliphatic rings. The molecule has 0 spiro atoms. The van der Waals surface area contributed by atoms with E-state index in [2.05, 4.69) is 22.1 Å². The predicted molar refractivity (Wildman–Crippen MR) is 77.1 cm³/mol. The second kappa shape index (κ2) is 5.17. The zero-order valence-electron chi connectivity index (χ0n) is 11.0. The monoisotopic (exact) mass is 266 g/mol. The van der Waals surface area contributed by atoms with Crippen LogP contribution >= 0.6 is 0 Å². The third-order valence-corrected chi connectivity index (χ3v) is 3.43. The van der Waals surface area contributed by atoms with Crippen LogP contribution in [0.5, 0.6) is 0 Å². The van der Waals surface area contributed by atoms with Gasteiger partial charge in [-0.1, -0.05) is 6.07 Å². The van der Waals surface area contributed by atoms with Gasteiger partial charge in [0.1, 0.15) is 6.10 Å². The number of carbonyl (C=O) groups is 1. The fourth-order valence-electron chi connectivity index (χ4n) is 2.36. The van der Waals surface area contributed by atoms with E-state index in [1.807, 2.05) is 31.3 Å². The highest BCUT2D eigenvalue weighted by molar-refractivity contribution is 5.88. The van der Waals surface area contributed by atoms with Crippen molar-refractivity contribution >= 4 is 17.4 Å². The van der Waals surface area contributed by atoms with Crippen LogP contribution in [0.3, 0.4) is 0 Å². The van der Waals surface area contributed by atoms with E-state index in [9.17, 15) is 4.79 Å². The highest BCUT2D eigenvalue weighted by Crippen LogP contribution is 2.30. The molecule has 0 fully saturated rings. The standard InChI is InChI=1S/C16H14N2O2/c1-11(20-10-19)15-9-18-16-3-2-13(8-14(15)16)12-4-6-17-7-5-12/h2-11,18H,1H3. The van der Waals surface area contributed by atoms with Crippen molar-refractivity contribution in [1.29, 1.82) is 0 Å². The van der Waals surface area contributed by atoms with Gasteiger partial charge in [-0.3, -0.25) is 9.78 Å². The first-order valence-corrected chi connectivity index (χ1v) is 6.40. The molecular formula is C16H14N2O2. The molecule has 3 aromatic rings. The summed E-state index contributed by atoms with van der Waals surface area (Å²) >= 11 is 0. The molecule has 20 heavy (non-hydrogen) atoms. The minimum Gasteiger partial charge on any atom is -0.460 e. The van der Waals surface area contributed by atoms with Crippen LogP contribution in [0.25, 0.3) is 22.0 Å². The van der Waals surface area contributed by atoms with Gasteiger partial charge in [-0.25, -0.2) is 0 Å². The third kappa shape index (κ3) is 2.16. The summed E-state index contributed by atoms with van der Waals surface area (Å²) in [5, 5.41) is 1.06. The van der Waals surface area contributed by atoms with Gasteiger partial charge >= 0.3 is 0 Å². The molecule has 2 aromatic heterocycles. The van der Waals surface area contributed by atoms with E-state index < -0.39 is 0 Å². The number of benzene rings is 1. The predicted octanol–water partition coefficient (Wildman–Crippen LogP) is 3.46. The van der Waals surface area contributed by atoms with Crippen LogP contribution < -0.4 is 0 Å². The van der Waals surface area contributed by atoms with Crippen LogP contribution in [0.15, 0.2) is 48.9 Å². The average Bonchev–Trinajstić information content (AvgIpc) is 2.91. The third-order valence-electron chi connectivity index (χ3n) is 3.43. The molecular weight excluding hydrogens is 252 g/mol. The largest absolute Gasteiger partial charge is 0.460 e. The van der Waals surface area contributed by atoms with Crippen molar-refractivity contribution in [3.63, 3.8) is 0 Å². The number of aromatic nitrogens is 2. The molecule has 0 saturated heterocycles. The Morgan fingerprint density at radius 2 is 2.00 bits per heavy atom. The summed E-state index contributed by atoms with van der Waals surface area (Å²) in [6.45, 7) is 2.34. The molecule has 0 bridgehead atoms. The fourth-order valence-corrected chi connectivity index (χ4v) is 2.36. The quantitative estimate of drug-likeness (QED) is 0.736. The van der Waals surface area contributed by atoms with E-state index in [1.165, 1.54) is 0 Å². The van der Waals surface area contributed by atoms with Gasteiger partial charge in [0.05, 0.1) is 0 Å². The molecule has 4 heteroatoms. The van der Waals surface area contributed by atoms with Crippen LogP contribution in [0, 0.1) is 0 Å². The molecule has 0 saturated carbocycles. The van der Waals surface area contributed by atoms with Crippen molar-refractivity contribution in [2.45, 2.75) is 13.0 Å². The smallest absolute Gasteiger partial charge is 0.293 e. The summed E-state index contributed by atoms with van der Waals surface area (Å²) in [7, 11) is 0. The second-order valence-corrected chi connectivity index (χ2v) is 4.61. The number of fused-ring (bicyclic) bond motifs is 1. The zero-order chi connectivity index (χ0) is 13.9. The number of nitrogens with one attached hydrogen (secondary N) is 1. The van der Waals surface area contributed by atoms with Crippen molar-refractivity contribution in [3.05, 3.63) is 54.5 Å². The number of H-pyrrole nitrogens is 1. The van der Waals surface area contributed by atoms with Crippen LogP contribution in [0.4, 0.5) is 0 Å². The minimum atomic E-state index is -0.269. The van der Waals surface area contributed by atoms with Crippen molar-refractivity contribution in [3.8, 4) is 11.1 Å². The van der Waals surface area contributed by atoms with Crippen LogP contribution in [0.2, 0.25) is 0 Å². The Morgan fingerprint density at radius 3 is 2.75 bits per heavy atom. The summed E-state index contributed by atoms with van der Waals surface area (Å²) in [5.74, 6) is 0. The number of hydrogen-bond donors (Lipinski definition) is 1. The van der Waals surface area contributed by atoms with Gasteiger partial charge in [-0.05, 0) is 42.3 Å². The SMILES string of the molecule is CC(OC=O)c1c[nH]c2ccc(-c3ccncc3)cc12. The Morgan fingerprint density at radius 1 is 1.20 bits per heavy atom. The van der Waals surface area contributed by atoms with E-state index >= 15 is 0 Å². The van der Waals surface area contributed by atoms with E-state index in [-0.39, 0.29) is 6.10 Å². The molecule has 1 N–H and O–H groups in total. The normalized spacial score (nSPS) is 12.2. The van der Waals surface area contributed by atoms with Crippen molar-refractivity contribution < 1.29 is 9.53 Å². The maximum Gasteiger partial charge on any atom is 0.293 e.